The van der Waals surface area contributed by atoms with Crippen molar-refractivity contribution in [3.05, 3.63) is 64.1 Å². The van der Waals surface area contributed by atoms with Gasteiger partial charge < -0.3 is 15.0 Å². The maximum Gasteiger partial charge on any atom is 0.243 e. The summed E-state index contributed by atoms with van der Waals surface area (Å²) in [5.41, 5.74) is 1.56. The molecule has 3 rings (SSSR count). The van der Waals surface area contributed by atoms with Crippen molar-refractivity contribution in [3.8, 4) is 12.3 Å². The van der Waals surface area contributed by atoms with Crippen molar-refractivity contribution in [1.82, 2.24) is 4.90 Å². The van der Waals surface area contributed by atoms with Crippen molar-refractivity contribution >= 4 is 33.4 Å². The molecule has 0 atom stereocenters. The molecule has 1 aliphatic heterocycles. The number of rotatable bonds is 5. The molecule has 1 heterocycles. The van der Waals surface area contributed by atoms with Crippen LogP contribution in [0.15, 0.2) is 53.0 Å². The molecule has 29 heavy (non-hydrogen) atoms. The number of amides is 2. The van der Waals surface area contributed by atoms with Gasteiger partial charge in [-0.1, -0.05) is 40.0 Å². The highest BCUT2D eigenvalue weighted by Gasteiger charge is 2.43. The van der Waals surface area contributed by atoms with E-state index in [0.717, 1.165) is 10.0 Å². The normalized spacial score (nSPS) is 15.2. The Morgan fingerprint density at radius 3 is 2.55 bits per heavy atom. The minimum absolute atomic E-state index is 0.0434. The van der Waals surface area contributed by atoms with Crippen LogP contribution in [0.5, 0.6) is 0 Å². The molecular formula is C23H23BrN2O3. The van der Waals surface area contributed by atoms with Gasteiger partial charge in [0, 0.05) is 36.0 Å². The van der Waals surface area contributed by atoms with Crippen molar-refractivity contribution < 1.29 is 14.3 Å². The number of hydrogen-bond donors (Lipinski definition) is 1. The third-order valence-electron chi connectivity index (χ3n) is 5.19. The van der Waals surface area contributed by atoms with Crippen LogP contribution in [0.25, 0.3) is 0 Å². The average Bonchev–Trinajstić information content (AvgIpc) is 2.74. The first kappa shape index (κ1) is 21.1. The summed E-state index contributed by atoms with van der Waals surface area (Å²) in [5.74, 6) is 2.19. The lowest BCUT2D eigenvalue weighted by atomic mass is 9.73. The summed E-state index contributed by atoms with van der Waals surface area (Å²) in [7, 11) is 1.66. The molecule has 2 aromatic carbocycles. The number of nitrogens with one attached hydrogen (secondary N) is 1. The first-order valence-electron chi connectivity index (χ1n) is 9.40. The molecule has 5 nitrogen and oxygen atoms in total. The van der Waals surface area contributed by atoms with Crippen LogP contribution in [0.4, 0.5) is 5.69 Å². The lowest BCUT2D eigenvalue weighted by Crippen LogP contribution is -2.50. The molecule has 0 aromatic heterocycles. The van der Waals surface area contributed by atoms with Crippen LogP contribution in [0.1, 0.15) is 24.0 Å². The quantitative estimate of drug-likeness (QED) is 0.702. The van der Waals surface area contributed by atoms with E-state index in [4.69, 9.17) is 11.2 Å². The van der Waals surface area contributed by atoms with E-state index in [1.807, 2.05) is 24.3 Å². The molecule has 150 valence electrons. The fraction of sp³-hybridized carbons (Fsp3) is 0.304. The number of benzene rings is 2. The highest BCUT2D eigenvalue weighted by Crippen LogP contribution is 2.37. The molecule has 0 unspecified atom stereocenters. The summed E-state index contributed by atoms with van der Waals surface area (Å²) in [6.07, 6.45) is 6.58. The second-order valence-corrected chi connectivity index (χ2v) is 8.05. The van der Waals surface area contributed by atoms with Crippen LogP contribution < -0.4 is 5.32 Å². The lowest BCUT2D eigenvalue weighted by molar-refractivity contribution is -0.142. The van der Waals surface area contributed by atoms with Crippen molar-refractivity contribution in [2.24, 2.45) is 0 Å². The molecule has 1 aliphatic rings. The van der Waals surface area contributed by atoms with E-state index >= 15 is 0 Å². The van der Waals surface area contributed by atoms with Crippen LogP contribution >= 0.6 is 15.9 Å². The molecule has 0 bridgehead atoms. The second-order valence-electron chi connectivity index (χ2n) is 7.14. The Balaban J connectivity index is 1.74. The van der Waals surface area contributed by atoms with E-state index in [9.17, 15) is 9.59 Å². The minimum Gasteiger partial charge on any atom is -0.381 e. The number of halogens is 1. The fourth-order valence-corrected chi connectivity index (χ4v) is 3.92. The highest BCUT2D eigenvalue weighted by molar-refractivity contribution is 9.10. The van der Waals surface area contributed by atoms with Gasteiger partial charge in [-0.05, 0) is 48.7 Å². The predicted octanol–water partition coefficient (Wildman–Crippen LogP) is 3.58. The number of anilines is 1. The predicted molar refractivity (Wildman–Crippen MR) is 117 cm³/mol. The molecule has 1 saturated heterocycles. The zero-order valence-corrected chi connectivity index (χ0v) is 17.9. The van der Waals surface area contributed by atoms with E-state index in [0.29, 0.717) is 37.3 Å². The number of ether oxygens (including phenoxy) is 1. The number of likely N-dealkylation sites (N-methyl/N-ethyl adjacent to an activating group) is 1. The zero-order chi connectivity index (χ0) is 20.9. The summed E-state index contributed by atoms with van der Waals surface area (Å²) >= 11 is 3.44. The summed E-state index contributed by atoms with van der Waals surface area (Å²) < 4.78 is 6.46. The van der Waals surface area contributed by atoms with Gasteiger partial charge in [-0.25, -0.2) is 0 Å². The molecule has 2 amide bonds. The van der Waals surface area contributed by atoms with E-state index in [1.165, 1.54) is 4.90 Å². The lowest BCUT2D eigenvalue weighted by Gasteiger charge is -2.39. The first-order valence-corrected chi connectivity index (χ1v) is 10.2. The Kier molecular flexibility index (Phi) is 6.73. The molecule has 1 fully saturated rings. The van der Waals surface area contributed by atoms with Gasteiger partial charge in [0.25, 0.3) is 0 Å². The number of hydrogen-bond acceptors (Lipinski definition) is 3. The minimum atomic E-state index is -0.683. The Labute approximate surface area is 179 Å². The zero-order valence-electron chi connectivity index (χ0n) is 16.3. The average molecular weight is 455 g/mol. The number of carbonyl (C=O) groups excluding carboxylic acids is 2. The summed E-state index contributed by atoms with van der Waals surface area (Å²) in [6.45, 7) is 0.986. The molecule has 2 aromatic rings. The molecular weight excluding hydrogens is 432 g/mol. The van der Waals surface area contributed by atoms with Gasteiger partial charge in [-0.3, -0.25) is 9.59 Å². The third kappa shape index (κ3) is 4.87. The van der Waals surface area contributed by atoms with E-state index in [-0.39, 0.29) is 18.4 Å². The van der Waals surface area contributed by atoms with E-state index in [2.05, 4.69) is 27.2 Å². The molecule has 0 saturated carbocycles. The number of terminal acetylenes is 1. The Bertz CT molecular complexity index is 928. The van der Waals surface area contributed by atoms with Gasteiger partial charge in [-0.2, -0.15) is 0 Å². The van der Waals surface area contributed by atoms with Gasteiger partial charge in [0.1, 0.15) is 0 Å². The maximum atomic E-state index is 13.4. The third-order valence-corrected chi connectivity index (χ3v) is 5.72. The van der Waals surface area contributed by atoms with Gasteiger partial charge in [0.15, 0.2) is 0 Å². The van der Waals surface area contributed by atoms with Gasteiger partial charge >= 0.3 is 0 Å². The van der Waals surface area contributed by atoms with Crippen molar-refractivity contribution in [2.45, 2.75) is 18.3 Å². The fourth-order valence-electron chi connectivity index (χ4n) is 3.65. The molecule has 0 spiro atoms. The molecule has 0 aliphatic carbocycles. The van der Waals surface area contributed by atoms with Crippen molar-refractivity contribution in [2.75, 3.05) is 32.1 Å². The Morgan fingerprint density at radius 1 is 1.21 bits per heavy atom. The van der Waals surface area contributed by atoms with Crippen LogP contribution in [0.3, 0.4) is 0 Å². The SMILES string of the molecule is C#Cc1cccc(NC(=O)CN(C)C(=O)C2(c3ccc(Br)cc3)CCOCC2)c1. The highest BCUT2D eigenvalue weighted by atomic mass is 79.9. The smallest absolute Gasteiger partial charge is 0.243 e. The molecule has 0 radical (unpaired) electrons. The van der Waals surface area contributed by atoms with Gasteiger partial charge in [0.05, 0.1) is 12.0 Å². The van der Waals surface area contributed by atoms with Crippen LogP contribution in [-0.4, -0.2) is 43.5 Å². The van der Waals surface area contributed by atoms with E-state index < -0.39 is 5.41 Å². The van der Waals surface area contributed by atoms with Gasteiger partial charge in [-0.15, -0.1) is 6.42 Å². The standard InChI is InChI=1S/C23H23BrN2O3/c1-3-17-5-4-6-20(15-17)25-21(27)16-26(2)22(28)23(11-13-29-14-12-23)18-7-9-19(24)10-8-18/h1,4-10,15H,11-14,16H2,2H3,(H,25,27). The largest absolute Gasteiger partial charge is 0.381 e. The van der Waals surface area contributed by atoms with Crippen molar-refractivity contribution in [1.29, 1.82) is 0 Å². The monoisotopic (exact) mass is 454 g/mol. The van der Waals surface area contributed by atoms with Crippen LogP contribution in [-0.2, 0) is 19.7 Å². The van der Waals surface area contributed by atoms with Crippen LogP contribution in [0.2, 0.25) is 0 Å². The van der Waals surface area contributed by atoms with Crippen molar-refractivity contribution in [3.63, 3.8) is 0 Å². The number of carbonyl (C=O) groups is 2. The maximum absolute atomic E-state index is 13.4. The van der Waals surface area contributed by atoms with Crippen LogP contribution in [0, 0.1) is 12.3 Å². The van der Waals surface area contributed by atoms with Gasteiger partial charge in [0.2, 0.25) is 11.8 Å². The Hall–Kier alpha value is -2.62. The summed E-state index contributed by atoms with van der Waals surface area (Å²) in [4.78, 5) is 27.4. The molecule has 6 heteroatoms. The first-order chi connectivity index (χ1) is 13.9. The summed E-state index contributed by atoms with van der Waals surface area (Å²) in [5, 5.41) is 2.81. The second kappa shape index (κ2) is 9.25. The Morgan fingerprint density at radius 2 is 1.90 bits per heavy atom. The molecule has 1 N–H and O–H groups in total. The van der Waals surface area contributed by atoms with E-state index in [1.54, 1.807) is 31.3 Å². The summed E-state index contributed by atoms with van der Waals surface area (Å²) in [6, 6.07) is 14.9. The number of nitrogens with zero attached hydrogens (tertiary/aromatic N) is 1. The topological polar surface area (TPSA) is 58.6 Å².